The number of furan rings is 1. The number of nitrogens with zero attached hydrogens (tertiary/aromatic N) is 5. The van der Waals surface area contributed by atoms with Crippen LogP contribution in [0.3, 0.4) is 0 Å². The monoisotopic (exact) mass is 876 g/mol. The summed E-state index contributed by atoms with van der Waals surface area (Å²) in [6.45, 7) is 4.58. The van der Waals surface area contributed by atoms with E-state index in [1.54, 1.807) is 12.1 Å². The Hall–Kier alpha value is -5.49. The van der Waals surface area contributed by atoms with Crippen LogP contribution in [-0.4, -0.2) is 24.7 Å². The predicted molar refractivity (Wildman–Crippen MR) is 212 cm³/mol. The summed E-state index contributed by atoms with van der Waals surface area (Å²) in [7, 11) is 0. The molecule has 53 heavy (non-hydrogen) atoms. The van der Waals surface area contributed by atoms with Crippen LogP contribution in [-0.2, 0) is 20.1 Å². The van der Waals surface area contributed by atoms with Gasteiger partial charge in [-0.05, 0) is 53.2 Å². The zero-order valence-corrected chi connectivity index (χ0v) is 32.0. The molecule has 0 amide bonds. The normalized spacial score (nSPS) is 13.5. The summed E-state index contributed by atoms with van der Waals surface area (Å²) in [6.07, 6.45) is 1.30. The number of hydrogen-bond donors (Lipinski definition) is 0. The number of imidazole rings is 1. The van der Waals surface area contributed by atoms with Gasteiger partial charge in [-0.25, -0.2) is 0 Å². The van der Waals surface area contributed by atoms with Crippen molar-refractivity contribution in [3.8, 4) is 28.3 Å². The van der Waals surface area contributed by atoms with Crippen molar-refractivity contribution in [1.29, 1.82) is 0 Å². The first-order valence-electron chi connectivity index (χ1n) is 20.3. The van der Waals surface area contributed by atoms with Crippen molar-refractivity contribution in [2.75, 3.05) is 0 Å². The fraction of sp³-hybridized carbons (Fsp3) is 0.174. The summed E-state index contributed by atoms with van der Waals surface area (Å²) in [5, 5.41) is 12.5. The van der Waals surface area contributed by atoms with Crippen molar-refractivity contribution < 1.29 is 32.7 Å². The number of aromatic nitrogens is 5. The predicted octanol–water partition coefficient (Wildman–Crippen LogP) is 11.7. The Morgan fingerprint density at radius 3 is 2.15 bits per heavy atom. The van der Waals surface area contributed by atoms with E-state index in [4.69, 9.17) is 22.7 Å². The minimum absolute atomic E-state index is 0. The fourth-order valence-electron chi connectivity index (χ4n) is 6.69. The van der Waals surface area contributed by atoms with Crippen molar-refractivity contribution in [2.45, 2.75) is 53.2 Å². The van der Waals surface area contributed by atoms with E-state index < -0.39 is 13.7 Å². The van der Waals surface area contributed by atoms with Gasteiger partial charge < -0.3 is 14.0 Å². The minimum atomic E-state index is -2.18. The zero-order valence-electron chi connectivity index (χ0n) is 35.6. The van der Waals surface area contributed by atoms with E-state index >= 15 is 0 Å². The molecule has 0 aliphatic carbocycles. The van der Waals surface area contributed by atoms with Crippen LogP contribution in [0, 0.1) is 25.8 Å². The van der Waals surface area contributed by atoms with Crippen LogP contribution < -0.4 is 0 Å². The second-order valence-corrected chi connectivity index (χ2v) is 13.4. The molecule has 9 aromatic rings. The molecule has 0 saturated heterocycles. The smallest absolute Gasteiger partial charge is 0.178 e. The van der Waals surface area contributed by atoms with Gasteiger partial charge in [0.15, 0.2) is 5.65 Å². The Kier molecular flexibility index (Phi) is 8.14. The molecule has 0 bridgehead atoms. The van der Waals surface area contributed by atoms with Crippen molar-refractivity contribution in [2.24, 2.45) is 0 Å². The molecule has 0 saturated carbocycles. The molecule has 265 valence electrons. The van der Waals surface area contributed by atoms with E-state index in [1.165, 1.54) is 35.5 Å². The summed E-state index contributed by atoms with van der Waals surface area (Å²) in [6, 6.07) is 40.7. The molecule has 0 N–H and O–H groups in total. The molecule has 4 aromatic heterocycles. The number of pyridine rings is 1. The molecule has 0 aliphatic rings. The van der Waals surface area contributed by atoms with Gasteiger partial charge in [-0.3, -0.25) is 4.98 Å². The molecular weight excluding hydrogens is 831 g/mol. The van der Waals surface area contributed by atoms with Crippen LogP contribution >= 0.6 is 0 Å². The van der Waals surface area contributed by atoms with E-state index in [1.807, 2.05) is 42.5 Å². The van der Waals surface area contributed by atoms with Crippen LogP contribution in [0.2, 0.25) is 0 Å². The van der Waals surface area contributed by atoms with Gasteiger partial charge in [0.05, 0.1) is 16.9 Å². The minimum Gasteiger partial charge on any atom is -0.501 e. The van der Waals surface area contributed by atoms with Gasteiger partial charge in [-0.15, -0.1) is 63.8 Å². The molecule has 7 heteroatoms. The Labute approximate surface area is 331 Å². The average Bonchev–Trinajstić information content (AvgIpc) is 3.79. The molecule has 0 atom stereocenters. The van der Waals surface area contributed by atoms with Crippen LogP contribution in [0.4, 0.5) is 0 Å². The maximum Gasteiger partial charge on any atom is 0.178 e. The summed E-state index contributed by atoms with van der Waals surface area (Å²) < 4.78 is 52.3. The maximum absolute atomic E-state index is 7.28. The molecule has 0 fully saturated rings. The molecule has 0 spiro atoms. The second kappa shape index (κ2) is 14.9. The number of hydrogen-bond acceptors (Lipinski definition) is 5. The SMILES string of the molecule is CC(C)c1cccc(C(C)C)c1-n1c(-c2[c-]ccc3c2oc2ccccc23)nc2c3ccccc3nnc21.[2H]C([2H])([2H])c1c[c-]c(-c2ccc(C([2H])([2H])[2H])cn2)cc1.[Ir]. The zero-order chi connectivity index (χ0) is 40.9. The van der Waals surface area contributed by atoms with Crippen LogP contribution in [0.5, 0.6) is 0 Å². The maximum atomic E-state index is 7.28. The van der Waals surface area contributed by atoms with Crippen LogP contribution in [0.15, 0.2) is 120 Å². The van der Waals surface area contributed by atoms with E-state index in [9.17, 15) is 0 Å². The summed E-state index contributed by atoms with van der Waals surface area (Å²) in [5.41, 5.74) is 9.95. The third-order valence-corrected chi connectivity index (χ3v) is 9.25. The summed E-state index contributed by atoms with van der Waals surface area (Å²) in [5.74, 6) is 1.35. The number of aryl methyl sites for hydroxylation is 2. The van der Waals surface area contributed by atoms with Gasteiger partial charge in [0, 0.05) is 51.0 Å². The van der Waals surface area contributed by atoms with E-state index in [-0.39, 0.29) is 31.2 Å². The largest absolute Gasteiger partial charge is 0.501 e. The van der Waals surface area contributed by atoms with Crippen molar-refractivity contribution >= 4 is 44.0 Å². The van der Waals surface area contributed by atoms with Crippen molar-refractivity contribution in [3.05, 3.63) is 150 Å². The number of fused-ring (bicyclic) bond motifs is 6. The third-order valence-electron chi connectivity index (χ3n) is 9.25. The van der Waals surface area contributed by atoms with Gasteiger partial charge in [-0.1, -0.05) is 112 Å². The molecular formula is C46H39IrN5O-2. The molecule has 6 nitrogen and oxygen atoms in total. The second-order valence-electron chi connectivity index (χ2n) is 13.4. The third kappa shape index (κ3) is 6.67. The first-order valence-corrected chi connectivity index (χ1v) is 17.3. The first kappa shape index (κ1) is 29.0. The van der Waals surface area contributed by atoms with Gasteiger partial charge >= 0.3 is 0 Å². The van der Waals surface area contributed by atoms with Crippen molar-refractivity contribution in [3.63, 3.8) is 0 Å². The molecule has 4 heterocycles. The number of para-hydroxylation sites is 2. The molecule has 5 aromatic carbocycles. The quantitative estimate of drug-likeness (QED) is 0.161. The summed E-state index contributed by atoms with van der Waals surface area (Å²) in [4.78, 5) is 9.35. The number of rotatable bonds is 5. The Balaban J connectivity index is 0.000000214. The van der Waals surface area contributed by atoms with Gasteiger partial charge in [0.2, 0.25) is 0 Å². The standard InChI is InChI=1S/C33H27N4O.C13H12N.Ir/c1-19(2)21-13-9-14-22(20(3)4)30(21)37-32(34-29-25-12-5-7-17-27(25)35-36-33(29)37)26-16-10-15-24-23-11-6-8-18-28(23)38-31(24)26;1-10-3-6-12(7-4-10)13-8-5-11(2)9-14-13;/h5-15,17-20H,1-4H3;3-6,8-9H,1-2H3;/q2*-1;/i;1D3,2D3;. The van der Waals surface area contributed by atoms with Crippen molar-refractivity contribution in [1.82, 2.24) is 24.7 Å². The first-order chi connectivity index (χ1) is 27.7. The molecule has 1 radical (unpaired) electrons. The van der Waals surface area contributed by atoms with E-state index in [2.05, 4.69) is 90.9 Å². The Morgan fingerprint density at radius 2 is 1.45 bits per heavy atom. The average molecular weight is 876 g/mol. The van der Waals surface area contributed by atoms with Gasteiger partial charge in [0.25, 0.3) is 0 Å². The van der Waals surface area contributed by atoms with Gasteiger partial charge in [-0.2, -0.15) is 0 Å². The molecule has 0 aliphatic heterocycles. The summed E-state index contributed by atoms with van der Waals surface area (Å²) >= 11 is 0. The topological polar surface area (TPSA) is 69.6 Å². The Morgan fingerprint density at radius 1 is 0.717 bits per heavy atom. The van der Waals surface area contributed by atoms with E-state index in [0.29, 0.717) is 23.1 Å². The fourth-order valence-corrected chi connectivity index (χ4v) is 6.69. The van der Waals surface area contributed by atoms with Crippen LogP contribution in [0.25, 0.3) is 72.3 Å². The van der Waals surface area contributed by atoms with Gasteiger partial charge in [0.1, 0.15) is 11.1 Å². The number of benzene rings is 5. The van der Waals surface area contributed by atoms with Crippen LogP contribution in [0.1, 0.15) is 70.0 Å². The molecule has 9 rings (SSSR count). The van der Waals surface area contributed by atoms with E-state index in [0.717, 1.165) is 61.1 Å². The molecule has 0 unspecified atom stereocenters. The Bertz CT molecular complexity index is 2850.